The van der Waals surface area contributed by atoms with Crippen molar-refractivity contribution in [2.24, 2.45) is 0 Å². The maximum atomic E-state index is 11.8. The van der Waals surface area contributed by atoms with Gasteiger partial charge in [-0.2, -0.15) is 13.2 Å². The van der Waals surface area contributed by atoms with Gasteiger partial charge in [0.15, 0.2) is 0 Å². The molecule has 0 fully saturated rings. The van der Waals surface area contributed by atoms with E-state index in [0.29, 0.717) is 13.1 Å². The zero-order valence-electron chi connectivity index (χ0n) is 11.1. The second-order valence-electron chi connectivity index (χ2n) is 3.88. The maximum absolute atomic E-state index is 11.8. The second-order valence-corrected chi connectivity index (χ2v) is 3.88. The predicted molar refractivity (Wildman–Crippen MR) is 64.5 cm³/mol. The topological polar surface area (TPSA) is 61.4 Å². The number of amides is 2. The van der Waals surface area contributed by atoms with Gasteiger partial charge < -0.3 is 15.5 Å². The minimum Gasteiger partial charge on any atom is -0.346 e. The van der Waals surface area contributed by atoms with Crippen LogP contribution in [0, 0.1) is 0 Å². The highest BCUT2D eigenvalue weighted by Gasteiger charge is 2.27. The SMILES string of the molecule is CCN(CC)C(=O)CCNCC(=O)NCC(F)(F)F. The normalized spacial score (nSPS) is 11.2. The molecule has 0 aromatic carbocycles. The van der Waals surface area contributed by atoms with Crippen molar-refractivity contribution in [2.45, 2.75) is 26.4 Å². The fourth-order valence-corrected chi connectivity index (χ4v) is 1.39. The zero-order valence-corrected chi connectivity index (χ0v) is 11.1. The standard InChI is InChI=1S/C11H20F3N3O2/c1-3-17(4-2)10(19)5-6-15-7-9(18)16-8-11(12,13)14/h15H,3-8H2,1-2H3,(H,16,18). The van der Waals surface area contributed by atoms with Crippen molar-refractivity contribution in [3.8, 4) is 0 Å². The molecule has 0 radical (unpaired) electrons. The molecule has 0 unspecified atom stereocenters. The van der Waals surface area contributed by atoms with Gasteiger partial charge in [-0.25, -0.2) is 0 Å². The van der Waals surface area contributed by atoms with Gasteiger partial charge in [-0.3, -0.25) is 9.59 Å². The Labute approximate surface area is 110 Å². The van der Waals surface area contributed by atoms with Gasteiger partial charge in [0, 0.05) is 26.1 Å². The molecule has 0 atom stereocenters. The van der Waals surface area contributed by atoms with Crippen LogP contribution in [-0.4, -0.2) is 55.6 Å². The summed E-state index contributed by atoms with van der Waals surface area (Å²) in [4.78, 5) is 24.2. The number of alkyl halides is 3. The summed E-state index contributed by atoms with van der Waals surface area (Å²) in [7, 11) is 0. The van der Waals surface area contributed by atoms with Crippen LogP contribution >= 0.6 is 0 Å². The molecule has 2 amide bonds. The first-order valence-corrected chi connectivity index (χ1v) is 6.12. The van der Waals surface area contributed by atoms with Gasteiger partial charge in [0.1, 0.15) is 6.54 Å². The van der Waals surface area contributed by atoms with Gasteiger partial charge in [0.25, 0.3) is 0 Å². The van der Waals surface area contributed by atoms with E-state index in [1.54, 1.807) is 10.2 Å². The quantitative estimate of drug-likeness (QED) is 0.638. The van der Waals surface area contributed by atoms with Gasteiger partial charge in [-0.1, -0.05) is 0 Å². The summed E-state index contributed by atoms with van der Waals surface area (Å²) in [5.74, 6) is -0.791. The van der Waals surface area contributed by atoms with Crippen molar-refractivity contribution < 1.29 is 22.8 Å². The molecule has 0 spiro atoms. The average Bonchev–Trinajstić information content (AvgIpc) is 2.33. The van der Waals surface area contributed by atoms with Crippen molar-refractivity contribution in [1.29, 1.82) is 0 Å². The molecule has 0 saturated carbocycles. The van der Waals surface area contributed by atoms with Crippen molar-refractivity contribution in [3.05, 3.63) is 0 Å². The number of halogens is 3. The fourth-order valence-electron chi connectivity index (χ4n) is 1.39. The Kier molecular flexibility index (Phi) is 8.13. The van der Waals surface area contributed by atoms with Gasteiger partial charge in [-0.15, -0.1) is 0 Å². The van der Waals surface area contributed by atoms with Crippen molar-refractivity contribution >= 4 is 11.8 Å². The summed E-state index contributed by atoms with van der Waals surface area (Å²) in [5, 5.41) is 4.36. The highest BCUT2D eigenvalue weighted by Crippen LogP contribution is 2.11. The molecule has 0 aromatic heterocycles. The molecule has 2 N–H and O–H groups in total. The number of hydrogen-bond acceptors (Lipinski definition) is 3. The molecular formula is C11H20F3N3O2. The van der Waals surface area contributed by atoms with Gasteiger partial charge in [-0.05, 0) is 13.8 Å². The average molecular weight is 283 g/mol. The Bertz CT molecular complexity index is 291. The Morgan fingerprint density at radius 1 is 1.16 bits per heavy atom. The van der Waals surface area contributed by atoms with Gasteiger partial charge >= 0.3 is 6.18 Å². The number of rotatable bonds is 8. The summed E-state index contributed by atoms with van der Waals surface area (Å²) in [6.45, 7) is 3.63. The highest BCUT2D eigenvalue weighted by molar-refractivity contribution is 5.78. The Morgan fingerprint density at radius 2 is 1.74 bits per heavy atom. The van der Waals surface area contributed by atoms with Crippen molar-refractivity contribution in [2.75, 3.05) is 32.7 Å². The number of nitrogens with one attached hydrogen (secondary N) is 2. The number of carbonyl (C=O) groups excluding carboxylic acids is 2. The summed E-state index contributed by atoms with van der Waals surface area (Å²) in [6.07, 6.45) is -4.19. The van der Waals surface area contributed by atoms with E-state index in [0.717, 1.165) is 0 Å². The molecule has 19 heavy (non-hydrogen) atoms. The Morgan fingerprint density at radius 3 is 2.21 bits per heavy atom. The van der Waals surface area contributed by atoms with E-state index < -0.39 is 18.6 Å². The Hall–Kier alpha value is -1.31. The van der Waals surface area contributed by atoms with Gasteiger partial charge in [0.2, 0.25) is 11.8 Å². The molecule has 0 saturated heterocycles. The van der Waals surface area contributed by atoms with Crippen LogP contribution in [0.15, 0.2) is 0 Å². The molecule has 0 bridgehead atoms. The van der Waals surface area contributed by atoms with Gasteiger partial charge in [0.05, 0.1) is 6.54 Å². The summed E-state index contributed by atoms with van der Waals surface area (Å²) >= 11 is 0. The number of hydrogen-bond donors (Lipinski definition) is 2. The molecule has 0 heterocycles. The van der Waals surface area contributed by atoms with Crippen LogP contribution in [0.2, 0.25) is 0 Å². The van der Waals surface area contributed by atoms with Crippen molar-refractivity contribution in [3.63, 3.8) is 0 Å². The fraction of sp³-hybridized carbons (Fsp3) is 0.818. The van der Waals surface area contributed by atoms with E-state index in [9.17, 15) is 22.8 Å². The minimum atomic E-state index is -4.41. The van der Waals surface area contributed by atoms with Crippen LogP contribution in [0.3, 0.4) is 0 Å². The first-order chi connectivity index (χ1) is 8.80. The molecule has 0 aromatic rings. The first-order valence-electron chi connectivity index (χ1n) is 6.12. The highest BCUT2D eigenvalue weighted by atomic mass is 19.4. The molecule has 0 aliphatic heterocycles. The van der Waals surface area contributed by atoms with E-state index in [2.05, 4.69) is 5.32 Å². The Balaban J connectivity index is 3.69. The number of nitrogens with zero attached hydrogens (tertiary/aromatic N) is 1. The third-order valence-electron chi connectivity index (χ3n) is 2.40. The lowest BCUT2D eigenvalue weighted by atomic mass is 10.3. The predicted octanol–water partition coefficient (Wildman–Crippen LogP) is 0.513. The van der Waals surface area contributed by atoms with Crippen LogP contribution in [0.5, 0.6) is 0 Å². The molecule has 112 valence electrons. The molecule has 0 aliphatic rings. The third-order valence-corrected chi connectivity index (χ3v) is 2.40. The molecular weight excluding hydrogens is 263 g/mol. The van der Waals surface area contributed by atoms with E-state index in [4.69, 9.17) is 0 Å². The largest absolute Gasteiger partial charge is 0.405 e. The molecule has 5 nitrogen and oxygen atoms in total. The van der Waals surface area contributed by atoms with E-state index >= 15 is 0 Å². The van der Waals surface area contributed by atoms with Crippen LogP contribution in [0.25, 0.3) is 0 Å². The maximum Gasteiger partial charge on any atom is 0.405 e. The monoisotopic (exact) mass is 283 g/mol. The third kappa shape index (κ3) is 9.29. The first kappa shape index (κ1) is 17.7. The smallest absolute Gasteiger partial charge is 0.346 e. The molecule has 0 rings (SSSR count). The lowest BCUT2D eigenvalue weighted by Crippen LogP contribution is -2.40. The van der Waals surface area contributed by atoms with E-state index in [1.165, 1.54) is 0 Å². The van der Waals surface area contributed by atoms with Crippen LogP contribution < -0.4 is 10.6 Å². The molecule has 8 heteroatoms. The lowest BCUT2D eigenvalue weighted by Gasteiger charge is -2.18. The zero-order chi connectivity index (χ0) is 14.9. The van der Waals surface area contributed by atoms with E-state index in [-0.39, 0.29) is 25.4 Å². The van der Waals surface area contributed by atoms with E-state index in [1.807, 2.05) is 13.8 Å². The summed E-state index contributed by atoms with van der Waals surface area (Å²) in [5.41, 5.74) is 0. The molecule has 0 aliphatic carbocycles. The number of carbonyl (C=O) groups is 2. The summed E-state index contributed by atoms with van der Waals surface area (Å²) in [6, 6.07) is 0. The van der Waals surface area contributed by atoms with Crippen LogP contribution in [0.4, 0.5) is 13.2 Å². The van der Waals surface area contributed by atoms with Crippen LogP contribution in [0.1, 0.15) is 20.3 Å². The minimum absolute atomic E-state index is 0.0480. The second kappa shape index (κ2) is 8.73. The van der Waals surface area contributed by atoms with Crippen LogP contribution in [-0.2, 0) is 9.59 Å². The van der Waals surface area contributed by atoms with Crippen molar-refractivity contribution in [1.82, 2.24) is 15.5 Å². The summed E-state index contributed by atoms with van der Waals surface area (Å²) < 4.78 is 35.4. The lowest BCUT2D eigenvalue weighted by molar-refractivity contribution is -0.137.